The van der Waals surface area contributed by atoms with Crippen molar-refractivity contribution >= 4 is 21.8 Å². The molecule has 0 bridgehead atoms. The van der Waals surface area contributed by atoms with E-state index in [-0.39, 0.29) is 34.6 Å². The molecule has 52 heavy (non-hydrogen) atoms. The highest BCUT2D eigenvalue weighted by atomic mass is 32.2. The van der Waals surface area contributed by atoms with Crippen molar-refractivity contribution in [3.8, 4) is 0 Å². The summed E-state index contributed by atoms with van der Waals surface area (Å²) in [6.07, 6.45) is 0.682. The Hall–Kier alpha value is -3.75. The number of carbonyl (C=O) groups is 2. The van der Waals surface area contributed by atoms with E-state index in [0.717, 1.165) is 41.8 Å². The van der Waals surface area contributed by atoms with Gasteiger partial charge in [0.15, 0.2) is 0 Å². The highest BCUT2D eigenvalue weighted by Crippen LogP contribution is 2.23. The van der Waals surface area contributed by atoms with Crippen molar-refractivity contribution < 1.29 is 37.0 Å². The maximum absolute atomic E-state index is 14.2. The second-order valence-electron chi connectivity index (χ2n) is 14.4. The molecule has 0 fully saturated rings. The Morgan fingerprint density at radius 1 is 0.865 bits per heavy atom. The predicted molar refractivity (Wildman–Crippen MR) is 199 cm³/mol. The molecule has 0 aliphatic carbocycles. The molecule has 10 nitrogen and oxygen atoms in total. The summed E-state index contributed by atoms with van der Waals surface area (Å²) in [5.74, 6) is -2.94. The molecule has 3 aromatic rings. The summed E-state index contributed by atoms with van der Waals surface area (Å²) in [4.78, 5) is 28.9. The monoisotopic (exact) mass is 744 g/mol. The van der Waals surface area contributed by atoms with Crippen LogP contribution in [0.15, 0.2) is 65.6 Å². The number of aryl methyl sites for hydroxylation is 1. The summed E-state index contributed by atoms with van der Waals surface area (Å²) in [7, 11) is -4.36. The van der Waals surface area contributed by atoms with Gasteiger partial charge in [-0.05, 0) is 100 Å². The molecule has 0 aromatic heterocycles. The van der Waals surface area contributed by atoms with Gasteiger partial charge >= 0.3 is 0 Å². The zero-order valence-electron chi connectivity index (χ0n) is 31.2. The van der Waals surface area contributed by atoms with Crippen molar-refractivity contribution in [2.45, 2.75) is 102 Å². The van der Waals surface area contributed by atoms with E-state index in [0.29, 0.717) is 25.9 Å². The van der Waals surface area contributed by atoms with Gasteiger partial charge in [-0.15, -0.1) is 0 Å². The van der Waals surface area contributed by atoms with E-state index < -0.39 is 63.3 Å². The van der Waals surface area contributed by atoms with Gasteiger partial charge in [-0.1, -0.05) is 45.0 Å². The summed E-state index contributed by atoms with van der Waals surface area (Å²) in [6.45, 7) is 13.0. The average Bonchev–Trinajstić information content (AvgIpc) is 3.08. The van der Waals surface area contributed by atoms with Crippen LogP contribution < -0.4 is 15.4 Å². The molecule has 0 saturated heterocycles. The number of aliphatic hydroxyl groups is 2. The number of halogens is 2. The van der Waals surface area contributed by atoms with Crippen LogP contribution in [0.5, 0.6) is 0 Å². The maximum atomic E-state index is 14.2. The molecule has 13 heteroatoms. The van der Waals surface area contributed by atoms with Gasteiger partial charge in [0.25, 0.3) is 11.8 Å². The molecule has 0 heterocycles. The molecule has 0 aliphatic heterocycles. The lowest BCUT2D eigenvalue weighted by molar-refractivity contribution is 0.0755. The fourth-order valence-electron chi connectivity index (χ4n) is 5.80. The van der Waals surface area contributed by atoms with Crippen molar-refractivity contribution in [2.75, 3.05) is 26.2 Å². The van der Waals surface area contributed by atoms with Gasteiger partial charge in [0.2, 0.25) is 10.0 Å². The summed E-state index contributed by atoms with van der Waals surface area (Å²) in [6, 6.07) is 13.4. The predicted octanol–water partition coefficient (Wildman–Crippen LogP) is 5.07. The van der Waals surface area contributed by atoms with E-state index >= 15 is 0 Å². The van der Waals surface area contributed by atoms with E-state index in [4.69, 9.17) is 0 Å². The normalized spacial score (nSPS) is 13.4. The fourth-order valence-corrected chi connectivity index (χ4v) is 7.28. The summed E-state index contributed by atoms with van der Waals surface area (Å²) in [5.41, 5.74) is 0.186. The number of nitrogens with zero attached hydrogens (tertiary/aromatic N) is 1. The smallest absolute Gasteiger partial charge is 0.253 e. The van der Waals surface area contributed by atoms with Gasteiger partial charge in [-0.3, -0.25) is 9.59 Å². The van der Waals surface area contributed by atoms with Gasteiger partial charge in [-0.25, -0.2) is 21.9 Å². The Balaban J connectivity index is 2.05. The Bertz CT molecular complexity index is 1770. The molecule has 3 rings (SSSR count). The van der Waals surface area contributed by atoms with E-state index in [2.05, 4.69) is 28.3 Å². The maximum Gasteiger partial charge on any atom is 0.253 e. The second-order valence-corrected chi connectivity index (χ2v) is 16.1. The molecule has 0 aliphatic rings. The van der Waals surface area contributed by atoms with Gasteiger partial charge in [-0.2, -0.15) is 0 Å². The van der Waals surface area contributed by atoms with E-state index in [9.17, 15) is 37.0 Å². The second kappa shape index (κ2) is 18.3. The standard InChI is InChI=1S/C39H54F2N4O6S/c1-8-14-45(15-9-2)37(49)29-20-28(21-33(22-29)52(50,51)44-38(4,5)25-46)36(48)43-34(19-27-17-31(40)23-32(41)18-27)35(47)24-42-39(6,7)30-13-11-12-26(10-3)16-30/h11-13,16-18,20-23,34-35,42,44,46-47H,8-10,14-15,19,24-25H2,1-7H3,(H,43,48)/t34-,35+/m0/s1. The third-order valence-corrected chi connectivity index (χ3v) is 10.5. The van der Waals surface area contributed by atoms with Gasteiger partial charge in [0, 0.05) is 42.4 Å². The fraction of sp³-hybridized carbons (Fsp3) is 0.487. The van der Waals surface area contributed by atoms with Crippen molar-refractivity contribution in [1.82, 2.24) is 20.3 Å². The molecule has 0 spiro atoms. The van der Waals surface area contributed by atoms with Crippen molar-refractivity contribution in [3.05, 3.63) is 100 Å². The lowest BCUT2D eigenvalue weighted by Gasteiger charge is -2.31. The summed E-state index contributed by atoms with van der Waals surface area (Å²) >= 11 is 0. The minimum atomic E-state index is -4.36. The van der Waals surface area contributed by atoms with Crippen LogP contribution in [0.25, 0.3) is 0 Å². The molecule has 2 atom stereocenters. The number of hydrogen-bond acceptors (Lipinski definition) is 7. The minimum absolute atomic E-state index is 0.0343. The Labute approximate surface area is 307 Å². The topological polar surface area (TPSA) is 148 Å². The number of amides is 2. The van der Waals surface area contributed by atoms with Gasteiger partial charge in [0.05, 0.1) is 29.2 Å². The van der Waals surface area contributed by atoms with E-state index in [1.165, 1.54) is 26.0 Å². The van der Waals surface area contributed by atoms with Crippen LogP contribution in [0.3, 0.4) is 0 Å². The van der Waals surface area contributed by atoms with Crippen LogP contribution in [0, 0.1) is 11.6 Å². The SMILES string of the molecule is CCCN(CCC)C(=O)c1cc(C(=O)N[C@@H](Cc2cc(F)cc(F)c2)[C@H](O)CNC(C)(C)c2cccc(CC)c2)cc(S(=O)(=O)NC(C)(C)CO)c1. The van der Waals surface area contributed by atoms with Crippen LogP contribution in [0.4, 0.5) is 8.78 Å². The molecule has 2 amide bonds. The molecule has 5 N–H and O–H groups in total. The van der Waals surface area contributed by atoms with Crippen molar-refractivity contribution in [3.63, 3.8) is 0 Å². The zero-order chi connectivity index (χ0) is 38.9. The summed E-state index contributed by atoms with van der Waals surface area (Å²) in [5, 5.41) is 27.4. The molecule has 0 radical (unpaired) electrons. The third-order valence-electron chi connectivity index (χ3n) is 8.78. The number of aliphatic hydroxyl groups excluding tert-OH is 2. The lowest BCUT2D eigenvalue weighted by atomic mass is 9.91. The molecule has 0 unspecified atom stereocenters. The number of rotatable bonds is 19. The van der Waals surface area contributed by atoms with Gasteiger partial charge < -0.3 is 25.7 Å². The number of sulfonamides is 1. The van der Waals surface area contributed by atoms with Crippen LogP contribution in [0.1, 0.15) is 98.7 Å². The first-order chi connectivity index (χ1) is 24.3. The number of hydrogen-bond donors (Lipinski definition) is 5. The van der Waals surface area contributed by atoms with Crippen LogP contribution in [-0.2, 0) is 28.4 Å². The van der Waals surface area contributed by atoms with Crippen LogP contribution >= 0.6 is 0 Å². The van der Waals surface area contributed by atoms with E-state index in [1.807, 2.05) is 45.9 Å². The first-order valence-electron chi connectivity index (χ1n) is 17.7. The highest BCUT2D eigenvalue weighted by Gasteiger charge is 2.30. The quantitative estimate of drug-likeness (QED) is 0.115. The molecular weight excluding hydrogens is 691 g/mol. The lowest BCUT2D eigenvalue weighted by Crippen LogP contribution is -2.51. The summed E-state index contributed by atoms with van der Waals surface area (Å²) < 4.78 is 58.0. The first-order valence-corrected chi connectivity index (χ1v) is 19.2. The first kappa shape index (κ1) is 42.7. The van der Waals surface area contributed by atoms with Gasteiger partial charge in [0.1, 0.15) is 11.6 Å². The zero-order valence-corrected chi connectivity index (χ0v) is 32.0. The number of benzene rings is 3. The Morgan fingerprint density at radius 2 is 1.48 bits per heavy atom. The van der Waals surface area contributed by atoms with Crippen molar-refractivity contribution in [1.29, 1.82) is 0 Å². The average molecular weight is 745 g/mol. The van der Waals surface area contributed by atoms with Crippen LogP contribution in [0.2, 0.25) is 0 Å². The molecule has 0 saturated carbocycles. The molecular formula is C39H54F2N4O6S. The number of nitrogens with one attached hydrogen (secondary N) is 3. The molecule has 286 valence electrons. The van der Waals surface area contributed by atoms with E-state index in [1.54, 1.807) is 4.90 Å². The van der Waals surface area contributed by atoms with Crippen molar-refractivity contribution in [2.24, 2.45) is 0 Å². The van der Waals surface area contributed by atoms with Crippen LogP contribution in [-0.4, -0.2) is 79.3 Å². The minimum Gasteiger partial charge on any atom is -0.394 e. The molecule has 3 aromatic carbocycles. The largest absolute Gasteiger partial charge is 0.394 e. The third kappa shape index (κ3) is 11.9. The highest BCUT2D eigenvalue weighted by molar-refractivity contribution is 7.89. The number of carbonyl (C=O) groups excluding carboxylic acids is 2. The Morgan fingerprint density at radius 3 is 2.06 bits per heavy atom. The Kier molecular flexibility index (Phi) is 15.0.